The predicted molar refractivity (Wildman–Crippen MR) is 200 cm³/mol. The van der Waals surface area contributed by atoms with E-state index >= 15 is 0 Å². The fourth-order valence-corrected chi connectivity index (χ4v) is 6.52. The van der Waals surface area contributed by atoms with E-state index in [0.29, 0.717) is 45.9 Å². The molecule has 0 fully saturated rings. The number of ether oxygens (including phenoxy) is 2. The van der Waals surface area contributed by atoms with Crippen LogP contribution in [0.15, 0.2) is 111 Å². The molecule has 0 bridgehead atoms. The van der Waals surface area contributed by atoms with Crippen LogP contribution >= 0.6 is 0 Å². The van der Waals surface area contributed by atoms with Gasteiger partial charge in [-0.25, -0.2) is 29.9 Å². The number of fused-ring (bicyclic) bond motifs is 5. The molecule has 4 aromatic carbocycles. The number of rotatable bonds is 8. The van der Waals surface area contributed by atoms with Gasteiger partial charge in [0.15, 0.2) is 0 Å². The van der Waals surface area contributed by atoms with E-state index in [9.17, 15) is 0 Å². The number of benzene rings is 4. The minimum absolute atomic E-state index is 0. The summed E-state index contributed by atoms with van der Waals surface area (Å²) in [6.07, 6.45) is 13.7. The third kappa shape index (κ3) is 6.65. The van der Waals surface area contributed by atoms with Crippen LogP contribution in [0.1, 0.15) is 0 Å². The van der Waals surface area contributed by atoms with Crippen LogP contribution in [0.3, 0.4) is 0 Å². The molecule has 284 valence electrons. The minimum atomic E-state index is 0. The molecule has 0 unspecified atom stereocenters. The number of anilines is 2. The summed E-state index contributed by atoms with van der Waals surface area (Å²) in [4.78, 5) is 34.2. The maximum atomic E-state index is 6.37. The first-order valence-corrected chi connectivity index (χ1v) is 16.8. The Morgan fingerprint density at radius 2 is 0.911 bits per heavy atom. The fraction of sp³-hybridized carbons (Fsp3) is 0.0500. The molecule has 16 heteroatoms. The Hall–Kier alpha value is -6.10. The summed E-state index contributed by atoms with van der Waals surface area (Å²) in [7, 11) is 3.94. The largest absolute Gasteiger partial charge is 0.510 e. The van der Waals surface area contributed by atoms with Gasteiger partial charge in [0.25, 0.3) is 0 Å². The van der Waals surface area contributed by atoms with Crippen LogP contribution < -0.4 is 19.3 Å². The Morgan fingerprint density at radius 3 is 1.30 bits per heavy atom. The van der Waals surface area contributed by atoms with Crippen molar-refractivity contribution < 1.29 is 51.6 Å². The van der Waals surface area contributed by atoms with Gasteiger partial charge in [-0.2, -0.15) is 37.6 Å². The average Bonchev–Trinajstić information content (AvgIpc) is 3.99. The van der Waals surface area contributed by atoms with Gasteiger partial charge < -0.3 is 38.2 Å². The van der Waals surface area contributed by atoms with Crippen LogP contribution in [0.2, 0.25) is 0 Å². The van der Waals surface area contributed by atoms with Gasteiger partial charge in [-0.05, 0) is 38.9 Å². The van der Waals surface area contributed by atoms with E-state index in [1.54, 1.807) is 0 Å². The van der Waals surface area contributed by atoms with Crippen molar-refractivity contribution in [2.45, 2.75) is 0 Å². The molecule has 4 aromatic heterocycles. The Bertz CT molecular complexity index is 2570. The first-order valence-electron chi connectivity index (χ1n) is 16.8. The van der Waals surface area contributed by atoms with E-state index in [2.05, 4.69) is 54.2 Å². The first kappa shape index (κ1) is 36.9. The molecule has 14 nitrogen and oxygen atoms in total. The molecule has 0 radical (unpaired) electrons. The van der Waals surface area contributed by atoms with Crippen LogP contribution in [0, 0.1) is 37.6 Å². The molecule has 6 heterocycles. The van der Waals surface area contributed by atoms with Crippen molar-refractivity contribution in [3.05, 3.63) is 148 Å². The number of nitrogens with zero attached hydrogens (tertiary/aromatic N) is 12. The van der Waals surface area contributed by atoms with Crippen molar-refractivity contribution in [3.63, 3.8) is 0 Å². The molecule has 0 amide bonds. The van der Waals surface area contributed by atoms with Crippen LogP contribution in [-0.4, -0.2) is 62.9 Å². The molecule has 0 atom stereocenters. The third-order valence-corrected chi connectivity index (χ3v) is 8.82. The van der Waals surface area contributed by atoms with E-state index in [0.717, 1.165) is 33.2 Å². The molecule has 0 N–H and O–H groups in total. The van der Waals surface area contributed by atoms with Gasteiger partial charge in [0, 0.05) is 76.2 Å². The summed E-state index contributed by atoms with van der Waals surface area (Å²) in [6.45, 7) is 3.92. The predicted octanol–water partition coefficient (Wildman–Crippen LogP) is 6.56. The molecule has 2 aliphatic rings. The first-order chi connectivity index (χ1) is 26.6. The molecule has 56 heavy (non-hydrogen) atoms. The van der Waals surface area contributed by atoms with Crippen molar-refractivity contribution in [2.75, 3.05) is 23.9 Å². The molecule has 2 aliphatic heterocycles. The zero-order valence-corrected chi connectivity index (χ0v) is 33.9. The topological polar surface area (TPSA) is 119 Å². The molecule has 8 aromatic rings. The summed E-state index contributed by atoms with van der Waals surface area (Å²) < 4.78 is 16.6. The zero-order chi connectivity index (χ0) is 36.2. The van der Waals surface area contributed by atoms with Crippen LogP contribution in [0.25, 0.3) is 44.7 Å². The molecule has 0 saturated carbocycles. The standard InChI is InChI=1S/C40H26N12O2.2Pt/c1-47-13-15-49(25-47)27-5-3-7-29(17-27)53-31-9-11-33-35(19-31)51(39-43-21-41-22-44-39)38-34-12-10-32(20-36(34)52(37(33)38)40-45-23-42-24-46-40)54-30-8-4-6-28(18-30)50-16-14-48(2)26-50;;/h3-16,21-26H,1-2H3;;/q-6;;. The second-order valence-electron chi connectivity index (χ2n) is 12.4. The minimum Gasteiger partial charge on any atom is -0.510 e. The second-order valence-corrected chi connectivity index (χ2v) is 12.4. The van der Waals surface area contributed by atoms with E-state index in [1.807, 2.05) is 142 Å². The second kappa shape index (κ2) is 15.2. The number of hydrogen-bond acceptors (Lipinski definition) is 12. The summed E-state index contributed by atoms with van der Waals surface area (Å²) in [5, 5.41) is 1.65. The quantitative estimate of drug-likeness (QED) is 0.154. The normalized spacial score (nSPS) is 13.5. The zero-order valence-electron chi connectivity index (χ0n) is 29.4. The Morgan fingerprint density at radius 1 is 0.500 bits per heavy atom. The number of aromatic nitrogens is 8. The molecular weight excluding hydrogens is 1070 g/mol. The van der Waals surface area contributed by atoms with Gasteiger partial charge in [-0.15, -0.1) is 72.0 Å². The van der Waals surface area contributed by atoms with Crippen molar-refractivity contribution in [1.82, 2.24) is 48.8 Å². The van der Waals surface area contributed by atoms with Gasteiger partial charge in [-0.3, -0.25) is 0 Å². The summed E-state index contributed by atoms with van der Waals surface area (Å²) >= 11 is 0. The van der Waals surface area contributed by atoms with Gasteiger partial charge in [0.2, 0.25) is 11.9 Å². The monoisotopic (exact) mass is 1100 g/mol. The summed E-state index contributed by atoms with van der Waals surface area (Å²) in [5.41, 5.74) is 4.59. The summed E-state index contributed by atoms with van der Waals surface area (Å²) in [6, 6.07) is 32.9. The molecule has 0 saturated heterocycles. The Labute approximate surface area is 349 Å². The Kier molecular flexibility index (Phi) is 10.0. The maximum Gasteiger partial charge on any atom is 0.234 e. The van der Waals surface area contributed by atoms with Crippen molar-refractivity contribution >= 4 is 44.2 Å². The van der Waals surface area contributed by atoms with E-state index < -0.39 is 0 Å². The Balaban J connectivity index is 0.00000220. The van der Waals surface area contributed by atoms with Gasteiger partial charge >= 0.3 is 0 Å². The van der Waals surface area contributed by atoms with Crippen molar-refractivity contribution in [2.24, 2.45) is 0 Å². The van der Waals surface area contributed by atoms with Gasteiger partial charge in [-0.1, -0.05) is 21.8 Å². The van der Waals surface area contributed by atoms with Crippen LogP contribution in [-0.2, 0) is 42.1 Å². The maximum absolute atomic E-state index is 6.37. The molecular formula is C40H26N12O2Pt2-6. The smallest absolute Gasteiger partial charge is 0.234 e. The van der Waals surface area contributed by atoms with Gasteiger partial charge in [0.05, 0.1) is 0 Å². The molecule has 0 aliphatic carbocycles. The molecule has 0 spiro atoms. The SMILES string of the molecule is CN1C=CN(c2[c-]c(Oc3[c-]c4c(cc3)c3c(c5ccc(Oc6[c-]c(N7C=CN(C)[CH-]7)ccc6)[c-]c5n3-c3ncncn3)n4-c3ncncn3)ccc2)[CH-]1.[Pt].[Pt]. The van der Waals surface area contributed by atoms with Crippen LogP contribution in [0.5, 0.6) is 23.0 Å². The molecule has 10 rings (SSSR count). The number of hydrogen-bond donors (Lipinski definition) is 0. The third-order valence-electron chi connectivity index (χ3n) is 8.82. The van der Waals surface area contributed by atoms with Crippen molar-refractivity contribution in [3.8, 4) is 34.9 Å². The van der Waals surface area contributed by atoms with Crippen LogP contribution in [0.4, 0.5) is 11.4 Å². The van der Waals surface area contributed by atoms with Crippen molar-refractivity contribution in [1.29, 1.82) is 0 Å². The summed E-state index contributed by atoms with van der Waals surface area (Å²) in [5.74, 6) is 2.83. The fourth-order valence-electron chi connectivity index (χ4n) is 6.52. The van der Waals surface area contributed by atoms with E-state index in [-0.39, 0.29) is 42.1 Å². The van der Waals surface area contributed by atoms with E-state index in [4.69, 9.17) is 9.47 Å². The van der Waals surface area contributed by atoms with E-state index in [1.165, 1.54) is 25.3 Å². The average molecular weight is 1100 g/mol. The van der Waals surface area contributed by atoms with Gasteiger partial charge in [0.1, 0.15) is 25.3 Å².